The first-order valence-corrected chi connectivity index (χ1v) is 15.0. The van der Waals surface area contributed by atoms with Gasteiger partial charge in [0.15, 0.2) is 0 Å². The second-order valence-corrected chi connectivity index (χ2v) is 12.1. The zero-order valence-electron chi connectivity index (χ0n) is 22.6. The Balaban J connectivity index is 0.000000311. The number of amides is 1. The van der Waals surface area contributed by atoms with Crippen molar-refractivity contribution in [2.45, 2.75) is 37.5 Å². The Morgan fingerprint density at radius 1 is 1.10 bits per heavy atom. The minimum Gasteiger partial charge on any atom is -0.463 e. The number of hydrogen-bond donors (Lipinski definition) is 3. The van der Waals surface area contributed by atoms with Crippen LogP contribution in [0.2, 0.25) is 5.02 Å². The van der Waals surface area contributed by atoms with Crippen LogP contribution in [0.1, 0.15) is 41.6 Å². The van der Waals surface area contributed by atoms with Gasteiger partial charge in [-0.2, -0.15) is 8.42 Å². The summed E-state index contributed by atoms with van der Waals surface area (Å²) in [5, 5.41) is 4.12. The zero-order chi connectivity index (χ0) is 28.0. The van der Waals surface area contributed by atoms with Gasteiger partial charge in [0.1, 0.15) is 5.58 Å². The Kier molecular flexibility index (Phi) is 11.4. The van der Waals surface area contributed by atoms with Crippen molar-refractivity contribution in [1.29, 1.82) is 0 Å². The number of benzene rings is 2. The van der Waals surface area contributed by atoms with Crippen molar-refractivity contribution in [2.24, 2.45) is 11.8 Å². The third kappa shape index (κ3) is 8.42. The van der Waals surface area contributed by atoms with Gasteiger partial charge in [0.25, 0.3) is 16.0 Å². The highest BCUT2D eigenvalue weighted by atomic mass is 35.5. The molecule has 0 atom stereocenters. The summed E-state index contributed by atoms with van der Waals surface area (Å²) in [6, 6.07) is 9.32. The average Bonchev–Trinajstić information content (AvgIpc) is 3.41. The minimum absolute atomic E-state index is 0. The second-order valence-electron chi connectivity index (χ2n) is 10.3. The van der Waals surface area contributed by atoms with E-state index in [9.17, 15) is 13.2 Å². The van der Waals surface area contributed by atoms with Crippen molar-refractivity contribution in [3.63, 3.8) is 0 Å². The smallest absolute Gasteiger partial charge is 0.294 e. The van der Waals surface area contributed by atoms with Crippen LogP contribution in [0.25, 0.3) is 11.0 Å². The summed E-state index contributed by atoms with van der Waals surface area (Å²) in [6.45, 7) is 7.73. The molecule has 2 aliphatic rings. The van der Waals surface area contributed by atoms with Gasteiger partial charge in [-0.1, -0.05) is 29.3 Å². The number of furan rings is 1. The highest BCUT2D eigenvalue weighted by Gasteiger charge is 2.24. The van der Waals surface area contributed by atoms with E-state index in [1.54, 1.807) is 24.3 Å². The lowest BCUT2D eigenvalue weighted by Crippen LogP contribution is -2.41. The second kappa shape index (κ2) is 14.3. The van der Waals surface area contributed by atoms with Gasteiger partial charge in [-0.05, 0) is 81.8 Å². The number of carbonyl (C=O) groups is 1. The predicted octanol–water partition coefficient (Wildman–Crippen LogP) is 3.95. The number of halogens is 1. The highest BCUT2D eigenvalue weighted by molar-refractivity contribution is 7.85. The van der Waals surface area contributed by atoms with E-state index in [4.69, 9.17) is 31.0 Å². The van der Waals surface area contributed by atoms with Crippen LogP contribution in [-0.2, 0) is 14.9 Å². The monoisotopic (exact) mass is 595 g/mol. The lowest BCUT2D eigenvalue weighted by atomic mass is 9.94. The lowest BCUT2D eigenvalue weighted by Gasteiger charge is -2.35. The van der Waals surface area contributed by atoms with Crippen molar-refractivity contribution >= 4 is 44.3 Å². The molecule has 2 aliphatic heterocycles. The zero-order valence-corrected chi connectivity index (χ0v) is 24.1. The molecule has 40 heavy (non-hydrogen) atoms. The molecule has 0 unspecified atom stereocenters. The van der Waals surface area contributed by atoms with Gasteiger partial charge in [-0.25, -0.2) is 0 Å². The molecule has 0 saturated carbocycles. The number of fused-ring (bicyclic) bond motifs is 1. The predicted molar refractivity (Wildman–Crippen MR) is 155 cm³/mol. The number of nitrogens with two attached hydrogens (primary N) is 1. The normalized spacial score (nSPS) is 17.1. The van der Waals surface area contributed by atoms with Crippen LogP contribution in [0.4, 0.5) is 5.69 Å². The molecule has 2 aromatic carbocycles. The molecule has 2 saturated heterocycles. The molecule has 12 heteroatoms. The van der Waals surface area contributed by atoms with E-state index in [2.05, 4.69) is 10.2 Å². The number of likely N-dealkylation sites (tertiary alicyclic amines) is 1. The molecule has 1 amide bonds. The third-order valence-corrected chi connectivity index (χ3v) is 8.59. The molecule has 3 heterocycles. The van der Waals surface area contributed by atoms with Gasteiger partial charge in [0, 0.05) is 31.7 Å². The van der Waals surface area contributed by atoms with Crippen LogP contribution in [0.3, 0.4) is 0 Å². The van der Waals surface area contributed by atoms with Gasteiger partial charge >= 0.3 is 0 Å². The van der Waals surface area contributed by atoms with E-state index in [0.717, 1.165) is 50.6 Å². The van der Waals surface area contributed by atoms with Gasteiger partial charge in [0.2, 0.25) is 0 Å². The molecule has 6 N–H and O–H groups in total. The fourth-order valence-corrected chi connectivity index (χ4v) is 5.70. The number of nitrogen functional groups attached to an aromatic ring is 1. The molecule has 2 fully saturated rings. The van der Waals surface area contributed by atoms with E-state index < -0.39 is 10.1 Å². The lowest BCUT2D eigenvalue weighted by molar-refractivity contribution is 0.0467. The van der Waals surface area contributed by atoms with Crippen molar-refractivity contribution in [2.75, 3.05) is 45.1 Å². The summed E-state index contributed by atoms with van der Waals surface area (Å²) in [7, 11) is -4.02. The summed E-state index contributed by atoms with van der Waals surface area (Å²) >= 11 is 6.18. The van der Waals surface area contributed by atoms with E-state index in [1.165, 1.54) is 37.8 Å². The summed E-state index contributed by atoms with van der Waals surface area (Å²) in [4.78, 5) is 15.2. The molecule has 1 aromatic heterocycles. The molecule has 0 aliphatic carbocycles. The van der Waals surface area contributed by atoms with Crippen LogP contribution in [0, 0.1) is 18.8 Å². The van der Waals surface area contributed by atoms with E-state index in [-0.39, 0.29) is 16.3 Å². The summed E-state index contributed by atoms with van der Waals surface area (Å²) < 4.78 is 40.5. The van der Waals surface area contributed by atoms with Crippen molar-refractivity contribution in [3.05, 3.63) is 58.8 Å². The molecule has 5 rings (SSSR count). The van der Waals surface area contributed by atoms with E-state index >= 15 is 0 Å². The maximum Gasteiger partial charge on any atom is 0.294 e. The van der Waals surface area contributed by atoms with Crippen LogP contribution < -0.4 is 11.1 Å². The number of nitrogens with zero attached hydrogens (tertiary/aromatic N) is 1. The summed E-state index contributed by atoms with van der Waals surface area (Å²) in [6.07, 6.45) is 6.12. The fraction of sp³-hybridized carbons (Fsp3) is 0.464. The Bertz CT molecular complexity index is 1360. The number of aryl methyl sites for hydroxylation is 1. The number of carbonyl (C=O) groups excluding carboxylic acids is 1. The first-order chi connectivity index (χ1) is 18.6. The Morgan fingerprint density at radius 3 is 2.38 bits per heavy atom. The average molecular weight is 596 g/mol. The Labute approximate surface area is 239 Å². The fourth-order valence-electron chi connectivity index (χ4n) is 5.01. The van der Waals surface area contributed by atoms with Crippen LogP contribution in [0.5, 0.6) is 0 Å². The molecule has 10 nitrogen and oxygen atoms in total. The highest BCUT2D eigenvalue weighted by Crippen LogP contribution is 2.32. The maximum absolute atomic E-state index is 12.7. The number of anilines is 1. The van der Waals surface area contributed by atoms with Crippen molar-refractivity contribution < 1.29 is 32.4 Å². The van der Waals surface area contributed by atoms with Crippen molar-refractivity contribution in [3.8, 4) is 0 Å². The third-order valence-electron chi connectivity index (χ3n) is 7.41. The Hall–Kier alpha value is -2.67. The molecule has 0 bridgehead atoms. The number of rotatable bonds is 6. The van der Waals surface area contributed by atoms with Gasteiger partial charge in [-0.15, -0.1) is 0 Å². The SMILES string of the molecule is Cc1ccc(S(=O)(=O)O)cc1.Nc1c(Cl)cc(C(=O)NCC2CCN(CC3CCOCC3)CC2)c2occc12.O. The molecular weight excluding hydrogens is 558 g/mol. The van der Waals surface area contributed by atoms with E-state index in [0.29, 0.717) is 39.7 Å². The maximum atomic E-state index is 12.7. The minimum atomic E-state index is -4.02. The number of ether oxygens (including phenoxy) is 1. The first-order valence-electron chi connectivity index (χ1n) is 13.2. The van der Waals surface area contributed by atoms with Gasteiger partial charge in [-0.3, -0.25) is 9.35 Å². The topological polar surface area (TPSA) is 167 Å². The van der Waals surface area contributed by atoms with Crippen molar-refractivity contribution in [1.82, 2.24) is 10.2 Å². The standard InChI is InChI=1S/C21H28ClN3O3.C7H8O3S.H2O/c22-18-11-17(20-16(19(18)23)5-10-28-20)21(26)24-12-14-1-6-25(7-2-14)13-15-3-8-27-9-4-15;1-6-2-4-7(5-3-6)11(8,9)10;/h5,10-11,14-15H,1-4,6-9,12-13,23H2,(H,24,26);2-5H,1H3,(H,8,9,10);1H2. The summed E-state index contributed by atoms with van der Waals surface area (Å²) in [5.41, 5.74) is 8.30. The van der Waals surface area contributed by atoms with Crippen LogP contribution in [0.15, 0.2) is 52.0 Å². The molecule has 3 aromatic rings. The molecular formula is C28H38ClN3O7S. The summed E-state index contributed by atoms with van der Waals surface area (Å²) in [5.74, 6) is 1.12. The van der Waals surface area contributed by atoms with E-state index in [1.807, 2.05) is 6.92 Å². The van der Waals surface area contributed by atoms with Gasteiger partial charge in [0.05, 0.1) is 27.4 Å². The first kappa shape index (κ1) is 31.9. The molecule has 0 radical (unpaired) electrons. The number of nitrogens with one attached hydrogen (secondary N) is 1. The Morgan fingerprint density at radius 2 is 1.75 bits per heavy atom. The number of hydrogen-bond acceptors (Lipinski definition) is 7. The quantitative estimate of drug-likeness (QED) is 0.284. The van der Waals surface area contributed by atoms with Gasteiger partial charge < -0.3 is 30.6 Å². The van der Waals surface area contributed by atoms with Crippen LogP contribution >= 0.6 is 11.6 Å². The molecule has 0 spiro atoms. The number of piperidine rings is 1. The molecule has 220 valence electrons. The largest absolute Gasteiger partial charge is 0.463 e. The van der Waals surface area contributed by atoms with Crippen LogP contribution in [-0.4, -0.2) is 68.6 Å².